The molecule has 0 aliphatic heterocycles. The number of hydrogen-bond donors (Lipinski definition) is 0. The molecule has 0 aliphatic carbocycles. The summed E-state index contributed by atoms with van der Waals surface area (Å²) in [6.07, 6.45) is 0. The second-order valence-corrected chi connectivity index (χ2v) is 8.53. The summed E-state index contributed by atoms with van der Waals surface area (Å²) >= 11 is 0. The first-order valence-electron chi connectivity index (χ1n) is 8.31. The number of carbonyl (C=O) groups excluding carboxylic acids is 1. The molecule has 5 nitrogen and oxygen atoms in total. The SMILES string of the molecule is CC(C)N(C)S(=O)(=O)c1ccc(C(=O)N(C)Cc2ccc(F)cc2F)cc1. The van der Waals surface area contributed by atoms with Gasteiger partial charge in [0.2, 0.25) is 10.0 Å². The maximum Gasteiger partial charge on any atom is 0.253 e. The van der Waals surface area contributed by atoms with Crippen molar-refractivity contribution < 1.29 is 22.0 Å². The molecular formula is C19H22F2N2O3S. The van der Waals surface area contributed by atoms with Crippen LogP contribution >= 0.6 is 0 Å². The van der Waals surface area contributed by atoms with Gasteiger partial charge in [-0.15, -0.1) is 0 Å². The van der Waals surface area contributed by atoms with Crippen LogP contribution in [0.25, 0.3) is 0 Å². The van der Waals surface area contributed by atoms with Crippen LogP contribution in [-0.4, -0.2) is 43.7 Å². The van der Waals surface area contributed by atoms with E-state index < -0.39 is 27.6 Å². The van der Waals surface area contributed by atoms with Gasteiger partial charge in [-0.05, 0) is 44.2 Å². The number of nitrogens with zero attached hydrogens (tertiary/aromatic N) is 2. The van der Waals surface area contributed by atoms with Crippen molar-refractivity contribution in [1.29, 1.82) is 0 Å². The lowest BCUT2D eigenvalue weighted by Gasteiger charge is -2.21. The fraction of sp³-hybridized carbons (Fsp3) is 0.316. The van der Waals surface area contributed by atoms with Gasteiger partial charge < -0.3 is 4.90 Å². The summed E-state index contributed by atoms with van der Waals surface area (Å²) in [5.41, 5.74) is 0.455. The number of halogens is 2. The number of hydrogen-bond acceptors (Lipinski definition) is 3. The van der Waals surface area contributed by atoms with Crippen LogP contribution in [0.15, 0.2) is 47.4 Å². The number of benzene rings is 2. The van der Waals surface area contributed by atoms with Gasteiger partial charge in [-0.25, -0.2) is 17.2 Å². The van der Waals surface area contributed by atoms with Crippen molar-refractivity contribution in [3.8, 4) is 0 Å². The first-order valence-corrected chi connectivity index (χ1v) is 9.75. The van der Waals surface area contributed by atoms with Gasteiger partial charge >= 0.3 is 0 Å². The third-order valence-corrected chi connectivity index (χ3v) is 6.32. The van der Waals surface area contributed by atoms with Gasteiger partial charge in [0.1, 0.15) is 11.6 Å². The van der Waals surface area contributed by atoms with Crippen molar-refractivity contribution in [3.63, 3.8) is 0 Å². The lowest BCUT2D eigenvalue weighted by Crippen LogP contribution is -2.33. The maximum absolute atomic E-state index is 13.8. The first-order chi connectivity index (χ1) is 12.5. The normalized spacial score (nSPS) is 11.9. The van der Waals surface area contributed by atoms with Gasteiger partial charge in [0.25, 0.3) is 5.91 Å². The minimum absolute atomic E-state index is 0.0406. The highest BCUT2D eigenvalue weighted by Crippen LogP contribution is 2.18. The molecule has 8 heteroatoms. The summed E-state index contributed by atoms with van der Waals surface area (Å²) < 4.78 is 52.9. The largest absolute Gasteiger partial charge is 0.337 e. The van der Waals surface area contributed by atoms with E-state index in [4.69, 9.17) is 0 Å². The van der Waals surface area contributed by atoms with E-state index in [9.17, 15) is 22.0 Å². The van der Waals surface area contributed by atoms with E-state index in [1.54, 1.807) is 13.8 Å². The fourth-order valence-electron chi connectivity index (χ4n) is 2.41. The van der Waals surface area contributed by atoms with Crippen LogP contribution in [0.5, 0.6) is 0 Å². The third-order valence-electron chi connectivity index (χ3n) is 4.27. The highest BCUT2D eigenvalue weighted by Gasteiger charge is 2.23. The molecule has 0 bridgehead atoms. The molecule has 0 saturated heterocycles. The topological polar surface area (TPSA) is 57.7 Å². The molecule has 0 radical (unpaired) electrons. The Morgan fingerprint density at radius 2 is 1.63 bits per heavy atom. The third kappa shape index (κ3) is 4.70. The van der Waals surface area contributed by atoms with E-state index >= 15 is 0 Å². The quantitative estimate of drug-likeness (QED) is 0.753. The Morgan fingerprint density at radius 1 is 1.04 bits per heavy atom. The van der Waals surface area contributed by atoms with E-state index in [0.717, 1.165) is 12.1 Å². The van der Waals surface area contributed by atoms with Crippen molar-refractivity contribution in [2.45, 2.75) is 31.3 Å². The number of rotatable bonds is 6. The summed E-state index contributed by atoms with van der Waals surface area (Å²) in [5.74, 6) is -1.82. The summed E-state index contributed by atoms with van der Waals surface area (Å²) in [7, 11) is -0.657. The Kier molecular flexibility index (Phi) is 6.33. The maximum atomic E-state index is 13.8. The number of amides is 1. The van der Waals surface area contributed by atoms with Crippen LogP contribution in [0, 0.1) is 11.6 Å². The standard InChI is InChI=1S/C19H22F2N2O3S/c1-13(2)23(4)27(25,26)17-9-6-14(7-10-17)19(24)22(3)12-15-5-8-16(20)11-18(15)21/h5-11,13H,12H2,1-4H3. The minimum atomic E-state index is -3.64. The van der Waals surface area contributed by atoms with Gasteiger partial charge in [0, 0.05) is 43.9 Å². The Morgan fingerprint density at radius 3 is 2.15 bits per heavy atom. The molecule has 0 heterocycles. The Hall–Kier alpha value is -2.32. The fourth-order valence-corrected chi connectivity index (χ4v) is 3.78. The highest BCUT2D eigenvalue weighted by atomic mass is 32.2. The van der Waals surface area contributed by atoms with Crippen molar-refractivity contribution in [1.82, 2.24) is 9.21 Å². The Balaban J connectivity index is 2.17. The zero-order valence-electron chi connectivity index (χ0n) is 15.6. The van der Waals surface area contributed by atoms with E-state index in [1.165, 1.54) is 53.6 Å². The molecule has 2 rings (SSSR count). The molecule has 0 spiro atoms. The molecule has 0 unspecified atom stereocenters. The van der Waals surface area contributed by atoms with Crippen LogP contribution in [0.1, 0.15) is 29.8 Å². The molecule has 0 saturated carbocycles. The van der Waals surface area contributed by atoms with Crippen molar-refractivity contribution in [2.75, 3.05) is 14.1 Å². The van der Waals surface area contributed by atoms with Gasteiger partial charge in [0.15, 0.2) is 0 Å². The van der Waals surface area contributed by atoms with Crippen molar-refractivity contribution in [2.24, 2.45) is 0 Å². The molecule has 0 atom stereocenters. The van der Waals surface area contributed by atoms with E-state index in [-0.39, 0.29) is 28.6 Å². The van der Waals surface area contributed by atoms with Crippen LogP contribution in [0.4, 0.5) is 8.78 Å². The number of sulfonamides is 1. The zero-order valence-corrected chi connectivity index (χ0v) is 16.4. The Bertz CT molecular complexity index is 928. The molecule has 1 amide bonds. The summed E-state index contributed by atoms with van der Waals surface area (Å²) in [6, 6.07) is 8.54. The van der Waals surface area contributed by atoms with Crippen LogP contribution in [0.2, 0.25) is 0 Å². The molecule has 2 aromatic carbocycles. The molecular weight excluding hydrogens is 374 g/mol. The second kappa shape index (κ2) is 8.14. The van der Waals surface area contributed by atoms with Gasteiger partial charge in [0.05, 0.1) is 4.90 Å². The molecule has 2 aromatic rings. The van der Waals surface area contributed by atoms with E-state index in [2.05, 4.69) is 0 Å². The second-order valence-electron chi connectivity index (χ2n) is 6.54. The summed E-state index contributed by atoms with van der Waals surface area (Å²) in [6.45, 7) is 3.49. The minimum Gasteiger partial charge on any atom is -0.337 e. The number of carbonyl (C=O) groups is 1. The van der Waals surface area contributed by atoms with Crippen molar-refractivity contribution >= 4 is 15.9 Å². The monoisotopic (exact) mass is 396 g/mol. The van der Waals surface area contributed by atoms with Gasteiger partial charge in [-0.3, -0.25) is 4.79 Å². The average Bonchev–Trinajstić information content (AvgIpc) is 2.62. The zero-order chi connectivity index (χ0) is 20.4. The van der Waals surface area contributed by atoms with Crippen LogP contribution < -0.4 is 0 Å². The molecule has 0 aliphatic rings. The predicted octanol–water partition coefficient (Wildman–Crippen LogP) is 3.27. The Labute approximate surface area is 158 Å². The predicted molar refractivity (Wildman–Crippen MR) is 98.7 cm³/mol. The highest BCUT2D eigenvalue weighted by molar-refractivity contribution is 7.89. The molecule has 0 fully saturated rings. The molecule has 0 aromatic heterocycles. The molecule has 0 N–H and O–H groups in total. The van der Waals surface area contributed by atoms with E-state index in [1.807, 2.05) is 0 Å². The molecule has 27 heavy (non-hydrogen) atoms. The van der Waals surface area contributed by atoms with E-state index in [0.29, 0.717) is 0 Å². The average molecular weight is 396 g/mol. The van der Waals surface area contributed by atoms with Crippen molar-refractivity contribution in [3.05, 3.63) is 65.2 Å². The lowest BCUT2D eigenvalue weighted by molar-refractivity contribution is 0.0783. The first kappa shape index (κ1) is 21.0. The lowest BCUT2D eigenvalue weighted by atomic mass is 10.1. The molecule has 146 valence electrons. The smallest absolute Gasteiger partial charge is 0.253 e. The van der Waals surface area contributed by atoms with Gasteiger partial charge in [-0.2, -0.15) is 4.31 Å². The summed E-state index contributed by atoms with van der Waals surface area (Å²) in [4.78, 5) is 13.9. The van der Waals surface area contributed by atoms with Gasteiger partial charge in [-0.1, -0.05) is 6.07 Å². The summed E-state index contributed by atoms with van der Waals surface area (Å²) in [5, 5.41) is 0. The van der Waals surface area contributed by atoms with Crippen LogP contribution in [-0.2, 0) is 16.6 Å². The van der Waals surface area contributed by atoms with Crippen LogP contribution in [0.3, 0.4) is 0 Å².